The van der Waals surface area contributed by atoms with Crippen molar-refractivity contribution in [3.63, 3.8) is 0 Å². The highest BCUT2D eigenvalue weighted by molar-refractivity contribution is 5.98. The average molecular weight is 380 g/mol. The van der Waals surface area contributed by atoms with Gasteiger partial charge in [0.15, 0.2) is 0 Å². The van der Waals surface area contributed by atoms with E-state index in [0.717, 1.165) is 36.1 Å². The molecular formula is C23H29N3O2. The number of likely N-dealkylation sites (tertiary alicyclic amines) is 1. The van der Waals surface area contributed by atoms with Crippen LogP contribution in [0, 0.1) is 13.8 Å². The molecule has 0 spiro atoms. The summed E-state index contributed by atoms with van der Waals surface area (Å²) in [6.07, 6.45) is 3.28. The van der Waals surface area contributed by atoms with Crippen LogP contribution in [0.25, 0.3) is 0 Å². The minimum atomic E-state index is -0.740. The lowest BCUT2D eigenvalue weighted by Gasteiger charge is -2.33. The number of carbonyl (C=O) groups is 2. The predicted molar refractivity (Wildman–Crippen MR) is 112 cm³/mol. The second-order valence-electron chi connectivity index (χ2n) is 7.75. The summed E-state index contributed by atoms with van der Waals surface area (Å²) in [5.74, 6) is -0.208. The molecule has 2 aromatic carbocycles. The van der Waals surface area contributed by atoms with Crippen LogP contribution in [0.5, 0.6) is 0 Å². The molecule has 5 nitrogen and oxygen atoms in total. The van der Waals surface area contributed by atoms with Gasteiger partial charge in [0.25, 0.3) is 5.91 Å². The Hall–Kier alpha value is -2.66. The molecular weight excluding hydrogens is 350 g/mol. The molecule has 0 aromatic heterocycles. The van der Waals surface area contributed by atoms with Crippen molar-refractivity contribution >= 4 is 17.5 Å². The molecule has 1 saturated heterocycles. The SMILES string of the molecule is Cc1ccc(C(N)C(=O)Nc2ccc(C(=O)N3CCCCC3C)cc2C)cc1. The zero-order chi connectivity index (χ0) is 20.3. The van der Waals surface area contributed by atoms with Gasteiger partial charge in [0.05, 0.1) is 0 Å². The van der Waals surface area contributed by atoms with Crippen LogP contribution in [0.15, 0.2) is 42.5 Å². The monoisotopic (exact) mass is 379 g/mol. The van der Waals surface area contributed by atoms with Gasteiger partial charge >= 0.3 is 0 Å². The van der Waals surface area contributed by atoms with Gasteiger partial charge in [-0.15, -0.1) is 0 Å². The van der Waals surface area contributed by atoms with Crippen LogP contribution in [-0.2, 0) is 4.79 Å². The number of hydrogen-bond donors (Lipinski definition) is 2. The summed E-state index contributed by atoms with van der Waals surface area (Å²) in [6.45, 7) is 6.80. The maximum absolute atomic E-state index is 12.8. The maximum atomic E-state index is 12.8. The molecule has 5 heteroatoms. The summed E-state index contributed by atoms with van der Waals surface area (Å²) < 4.78 is 0. The molecule has 0 saturated carbocycles. The Kier molecular flexibility index (Phi) is 6.15. The van der Waals surface area contributed by atoms with Gasteiger partial charge in [-0.2, -0.15) is 0 Å². The van der Waals surface area contributed by atoms with Crippen molar-refractivity contribution in [3.8, 4) is 0 Å². The molecule has 1 heterocycles. The van der Waals surface area contributed by atoms with Gasteiger partial charge in [-0.25, -0.2) is 0 Å². The number of piperidine rings is 1. The fourth-order valence-corrected chi connectivity index (χ4v) is 3.64. The number of hydrogen-bond acceptors (Lipinski definition) is 3. The van der Waals surface area contributed by atoms with Gasteiger partial charge in [-0.05, 0) is 69.4 Å². The summed E-state index contributed by atoms with van der Waals surface area (Å²) in [5.41, 5.74) is 10.2. The molecule has 2 amide bonds. The molecule has 0 aliphatic carbocycles. The van der Waals surface area contributed by atoms with E-state index in [1.807, 2.05) is 49.1 Å². The minimum absolute atomic E-state index is 0.0598. The van der Waals surface area contributed by atoms with Crippen LogP contribution >= 0.6 is 0 Å². The Balaban J connectivity index is 1.70. The Morgan fingerprint density at radius 3 is 2.46 bits per heavy atom. The van der Waals surface area contributed by atoms with Gasteiger partial charge in [0.1, 0.15) is 6.04 Å². The standard InChI is InChI=1S/C23H29N3O2/c1-15-7-9-18(10-8-15)21(24)22(27)25-20-12-11-19(14-16(20)2)23(28)26-13-5-4-6-17(26)3/h7-12,14,17,21H,4-6,13,24H2,1-3H3,(H,25,27). The van der Waals surface area contributed by atoms with Crippen molar-refractivity contribution in [2.45, 2.75) is 52.1 Å². The second-order valence-corrected chi connectivity index (χ2v) is 7.75. The van der Waals surface area contributed by atoms with E-state index in [-0.39, 0.29) is 17.9 Å². The second kappa shape index (κ2) is 8.57. The quantitative estimate of drug-likeness (QED) is 0.844. The first-order valence-electron chi connectivity index (χ1n) is 9.91. The Bertz CT molecular complexity index is 861. The van der Waals surface area contributed by atoms with E-state index in [9.17, 15) is 9.59 Å². The first-order valence-corrected chi connectivity index (χ1v) is 9.91. The number of nitrogens with two attached hydrogens (primary N) is 1. The van der Waals surface area contributed by atoms with E-state index in [4.69, 9.17) is 5.73 Å². The minimum Gasteiger partial charge on any atom is -0.336 e. The van der Waals surface area contributed by atoms with Gasteiger partial charge in [0, 0.05) is 23.8 Å². The molecule has 28 heavy (non-hydrogen) atoms. The van der Waals surface area contributed by atoms with Crippen molar-refractivity contribution in [3.05, 3.63) is 64.7 Å². The van der Waals surface area contributed by atoms with Gasteiger partial charge in [-0.3, -0.25) is 9.59 Å². The van der Waals surface area contributed by atoms with Crippen molar-refractivity contribution in [2.75, 3.05) is 11.9 Å². The van der Waals surface area contributed by atoms with E-state index in [1.165, 1.54) is 6.42 Å². The number of rotatable bonds is 4. The van der Waals surface area contributed by atoms with Crippen LogP contribution < -0.4 is 11.1 Å². The maximum Gasteiger partial charge on any atom is 0.254 e. The van der Waals surface area contributed by atoms with Crippen LogP contribution in [0.3, 0.4) is 0 Å². The van der Waals surface area contributed by atoms with Crippen LogP contribution in [0.1, 0.15) is 59.3 Å². The molecule has 1 aliphatic heterocycles. The Labute approximate surface area is 166 Å². The third-order valence-corrected chi connectivity index (χ3v) is 5.51. The summed E-state index contributed by atoms with van der Waals surface area (Å²) >= 11 is 0. The van der Waals surface area contributed by atoms with E-state index >= 15 is 0 Å². The molecule has 0 bridgehead atoms. The van der Waals surface area contributed by atoms with E-state index in [1.54, 1.807) is 12.1 Å². The van der Waals surface area contributed by atoms with Crippen molar-refractivity contribution < 1.29 is 9.59 Å². The molecule has 1 fully saturated rings. The number of amides is 2. The first-order chi connectivity index (χ1) is 13.4. The molecule has 2 aromatic rings. The number of benzene rings is 2. The van der Waals surface area contributed by atoms with Crippen molar-refractivity contribution in [1.82, 2.24) is 4.90 Å². The summed E-state index contributed by atoms with van der Waals surface area (Å²) in [7, 11) is 0. The lowest BCUT2D eigenvalue weighted by molar-refractivity contribution is -0.117. The van der Waals surface area contributed by atoms with Crippen molar-refractivity contribution in [2.24, 2.45) is 5.73 Å². The van der Waals surface area contributed by atoms with Crippen LogP contribution in [-0.4, -0.2) is 29.3 Å². The number of nitrogens with one attached hydrogen (secondary N) is 1. The van der Waals surface area contributed by atoms with Gasteiger partial charge in [-0.1, -0.05) is 29.8 Å². The highest BCUT2D eigenvalue weighted by Gasteiger charge is 2.24. The smallest absolute Gasteiger partial charge is 0.254 e. The van der Waals surface area contributed by atoms with E-state index in [2.05, 4.69) is 12.2 Å². The molecule has 0 radical (unpaired) electrons. The summed E-state index contributed by atoms with van der Waals surface area (Å²) in [6, 6.07) is 12.6. The average Bonchev–Trinajstić information content (AvgIpc) is 2.69. The lowest BCUT2D eigenvalue weighted by atomic mass is 10.0. The number of nitrogens with zero attached hydrogens (tertiary/aromatic N) is 1. The van der Waals surface area contributed by atoms with Crippen LogP contribution in [0.2, 0.25) is 0 Å². The first kappa shape index (κ1) is 20.1. The van der Waals surface area contributed by atoms with Gasteiger partial charge < -0.3 is 16.0 Å². The van der Waals surface area contributed by atoms with Crippen LogP contribution in [0.4, 0.5) is 5.69 Å². The third kappa shape index (κ3) is 4.42. The highest BCUT2D eigenvalue weighted by Crippen LogP contribution is 2.23. The summed E-state index contributed by atoms with van der Waals surface area (Å²) in [4.78, 5) is 27.3. The van der Waals surface area contributed by atoms with Gasteiger partial charge in [0.2, 0.25) is 5.91 Å². The fourth-order valence-electron chi connectivity index (χ4n) is 3.64. The summed E-state index contributed by atoms with van der Waals surface area (Å²) in [5, 5.41) is 2.89. The predicted octanol–water partition coefficient (Wildman–Crippen LogP) is 3.96. The molecule has 3 N–H and O–H groups in total. The molecule has 3 rings (SSSR count). The normalized spacial score (nSPS) is 17.9. The topological polar surface area (TPSA) is 75.4 Å². The fraction of sp³-hybridized carbons (Fsp3) is 0.391. The van der Waals surface area contributed by atoms with E-state index in [0.29, 0.717) is 11.3 Å². The molecule has 2 unspecified atom stereocenters. The van der Waals surface area contributed by atoms with Crippen molar-refractivity contribution in [1.29, 1.82) is 0 Å². The van der Waals surface area contributed by atoms with E-state index < -0.39 is 6.04 Å². The third-order valence-electron chi connectivity index (χ3n) is 5.51. The highest BCUT2D eigenvalue weighted by atomic mass is 16.2. The molecule has 148 valence electrons. The number of anilines is 1. The Morgan fingerprint density at radius 1 is 1.11 bits per heavy atom. The number of carbonyl (C=O) groups excluding carboxylic acids is 2. The zero-order valence-corrected chi connectivity index (χ0v) is 16.9. The Morgan fingerprint density at radius 2 is 1.82 bits per heavy atom. The number of aryl methyl sites for hydroxylation is 2. The zero-order valence-electron chi connectivity index (χ0n) is 16.9. The lowest BCUT2D eigenvalue weighted by Crippen LogP contribution is -2.42. The molecule has 2 atom stereocenters. The largest absolute Gasteiger partial charge is 0.336 e. The molecule has 1 aliphatic rings.